The van der Waals surface area contributed by atoms with E-state index in [1.165, 1.54) is 16.9 Å². The Bertz CT molecular complexity index is 1070. The molecule has 172 valence electrons. The molecule has 1 saturated heterocycles. The van der Waals surface area contributed by atoms with Crippen LogP contribution in [0.25, 0.3) is 0 Å². The standard InChI is InChI=1S/C27H32N4O2/c1-21-19-22-7-5-6-10-25(22)31(21)20-26-24(11-18-33-26)27(32)28-12-13-29-14-16-30(17-15-29)23-8-3-2-4-9-23/h2-11,18,21H,12-17,19-20H2,1H3,(H,28,32). The van der Waals surface area contributed by atoms with Crippen LogP contribution in [0.1, 0.15) is 28.6 Å². The third-order valence-electron chi connectivity index (χ3n) is 6.86. The number of rotatable bonds is 7. The molecule has 6 nitrogen and oxygen atoms in total. The average molecular weight is 445 g/mol. The highest BCUT2D eigenvalue weighted by Gasteiger charge is 2.28. The van der Waals surface area contributed by atoms with Gasteiger partial charge >= 0.3 is 0 Å². The maximum Gasteiger partial charge on any atom is 0.254 e. The number of hydrogen-bond donors (Lipinski definition) is 1. The Labute approximate surface area is 195 Å². The molecule has 2 aliphatic heterocycles. The van der Waals surface area contributed by atoms with Gasteiger partial charge in [-0.05, 0) is 43.2 Å². The lowest BCUT2D eigenvalue weighted by atomic mass is 10.1. The van der Waals surface area contributed by atoms with Crippen molar-refractivity contribution in [1.29, 1.82) is 0 Å². The lowest BCUT2D eigenvalue weighted by Crippen LogP contribution is -2.48. The summed E-state index contributed by atoms with van der Waals surface area (Å²) >= 11 is 0. The highest BCUT2D eigenvalue weighted by molar-refractivity contribution is 5.95. The number of furan rings is 1. The Morgan fingerprint density at radius 3 is 2.58 bits per heavy atom. The molecule has 0 radical (unpaired) electrons. The highest BCUT2D eigenvalue weighted by atomic mass is 16.3. The number of nitrogens with zero attached hydrogens (tertiary/aromatic N) is 3. The minimum Gasteiger partial charge on any atom is -0.467 e. The van der Waals surface area contributed by atoms with E-state index >= 15 is 0 Å². The van der Waals surface area contributed by atoms with Crippen molar-refractivity contribution < 1.29 is 9.21 Å². The van der Waals surface area contributed by atoms with E-state index in [0.717, 1.165) is 44.9 Å². The zero-order chi connectivity index (χ0) is 22.6. The highest BCUT2D eigenvalue weighted by Crippen LogP contribution is 2.33. The van der Waals surface area contributed by atoms with Crippen LogP contribution in [0.4, 0.5) is 11.4 Å². The van der Waals surface area contributed by atoms with Crippen LogP contribution >= 0.6 is 0 Å². The predicted molar refractivity (Wildman–Crippen MR) is 132 cm³/mol. The molecule has 1 aromatic heterocycles. The van der Waals surface area contributed by atoms with Gasteiger partial charge in [0.1, 0.15) is 5.76 Å². The van der Waals surface area contributed by atoms with Gasteiger partial charge in [-0.1, -0.05) is 36.4 Å². The summed E-state index contributed by atoms with van der Waals surface area (Å²) in [4.78, 5) is 20.1. The second kappa shape index (κ2) is 9.71. The molecule has 2 aliphatic rings. The number of carbonyl (C=O) groups excluding carboxylic acids is 1. The van der Waals surface area contributed by atoms with Gasteiger partial charge in [0.25, 0.3) is 5.91 Å². The molecule has 0 spiro atoms. The van der Waals surface area contributed by atoms with Gasteiger partial charge < -0.3 is 19.5 Å². The molecule has 1 unspecified atom stereocenters. The van der Waals surface area contributed by atoms with E-state index in [4.69, 9.17) is 4.42 Å². The first kappa shape index (κ1) is 21.6. The van der Waals surface area contributed by atoms with E-state index < -0.39 is 0 Å². The summed E-state index contributed by atoms with van der Waals surface area (Å²) in [7, 11) is 0. The normalized spacial score (nSPS) is 18.4. The Balaban J connectivity index is 1.11. The molecule has 0 saturated carbocycles. The minimum absolute atomic E-state index is 0.0539. The fourth-order valence-electron chi connectivity index (χ4n) is 4.98. The maximum atomic E-state index is 12.9. The van der Waals surface area contributed by atoms with Gasteiger partial charge in [0.05, 0.1) is 18.4 Å². The number of anilines is 2. The van der Waals surface area contributed by atoms with E-state index in [0.29, 0.717) is 24.7 Å². The molecule has 33 heavy (non-hydrogen) atoms. The predicted octanol–water partition coefficient (Wildman–Crippen LogP) is 3.78. The van der Waals surface area contributed by atoms with Crippen molar-refractivity contribution in [3.05, 3.63) is 83.8 Å². The molecule has 5 rings (SSSR count). The SMILES string of the molecule is CC1Cc2ccccc2N1Cc1occc1C(=O)NCCN1CCN(c2ccccc2)CC1. The average Bonchev–Trinajstić information content (AvgIpc) is 3.44. The van der Waals surface area contributed by atoms with Crippen LogP contribution in [0.5, 0.6) is 0 Å². The number of para-hydroxylation sites is 2. The van der Waals surface area contributed by atoms with E-state index in [2.05, 4.69) is 81.5 Å². The fourth-order valence-corrected chi connectivity index (χ4v) is 4.98. The van der Waals surface area contributed by atoms with E-state index in [-0.39, 0.29) is 5.91 Å². The van der Waals surface area contributed by atoms with Gasteiger partial charge in [0, 0.05) is 56.7 Å². The summed E-state index contributed by atoms with van der Waals surface area (Å²) in [6.07, 6.45) is 2.65. The second-order valence-corrected chi connectivity index (χ2v) is 8.99. The zero-order valence-corrected chi connectivity index (χ0v) is 19.2. The quantitative estimate of drug-likeness (QED) is 0.601. The molecule has 1 atom stereocenters. The smallest absolute Gasteiger partial charge is 0.254 e. The van der Waals surface area contributed by atoms with Gasteiger partial charge in [0.15, 0.2) is 0 Å². The van der Waals surface area contributed by atoms with Crippen LogP contribution in [-0.4, -0.2) is 56.1 Å². The maximum absolute atomic E-state index is 12.9. The molecule has 3 heterocycles. The third kappa shape index (κ3) is 4.76. The van der Waals surface area contributed by atoms with E-state index in [9.17, 15) is 4.79 Å². The van der Waals surface area contributed by atoms with Crippen molar-refractivity contribution in [2.45, 2.75) is 25.9 Å². The molecular weight excluding hydrogens is 412 g/mol. The van der Waals surface area contributed by atoms with Crippen molar-refractivity contribution in [1.82, 2.24) is 10.2 Å². The first-order chi connectivity index (χ1) is 16.2. The number of hydrogen-bond acceptors (Lipinski definition) is 5. The molecule has 3 aromatic rings. The van der Waals surface area contributed by atoms with E-state index in [1.807, 2.05) is 0 Å². The Morgan fingerprint density at radius 1 is 1.00 bits per heavy atom. The van der Waals surface area contributed by atoms with Crippen molar-refractivity contribution in [3.8, 4) is 0 Å². The lowest BCUT2D eigenvalue weighted by Gasteiger charge is -2.36. The zero-order valence-electron chi connectivity index (χ0n) is 19.2. The summed E-state index contributed by atoms with van der Waals surface area (Å²) in [6, 6.07) is 21.2. The van der Waals surface area contributed by atoms with Crippen molar-refractivity contribution >= 4 is 17.3 Å². The summed E-state index contributed by atoms with van der Waals surface area (Å²) in [5.74, 6) is 0.675. The monoisotopic (exact) mass is 444 g/mol. The van der Waals surface area contributed by atoms with Crippen LogP contribution in [0.15, 0.2) is 71.3 Å². The topological polar surface area (TPSA) is 52.0 Å². The van der Waals surface area contributed by atoms with Gasteiger partial charge in [-0.15, -0.1) is 0 Å². The summed E-state index contributed by atoms with van der Waals surface area (Å²) < 4.78 is 5.74. The number of benzene rings is 2. The number of carbonyl (C=O) groups is 1. The Morgan fingerprint density at radius 2 is 1.76 bits per heavy atom. The van der Waals surface area contributed by atoms with Gasteiger partial charge in [-0.2, -0.15) is 0 Å². The molecule has 1 fully saturated rings. The fraction of sp³-hybridized carbons (Fsp3) is 0.370. The first-order valence-electron chi connectivity index (χ1n) is 11.9. The first-order valence-corrected chi connectivity index (χ1v) is 11.9. The van der Waals surface area contributed by atoms with Crippen LogP contribution < -0.4 is 15.1 Å². The Kier molecular flexibility index (Phi) is 6.35. The Hall–Kier alpha value is -3.25. The third-order valence-corrected chi connectivity index (χ3v) is 6.86. The number of nitrogens with one attached hydrogen (secondary N) is 1. The number of amides is 1. The van der Waals surface area contributed by atoms with Crippen LogP contribution in [0.2, 0.25) is 0 Å². The molecule has 0 aliphatic carbocycles. The minimum atomic E-state index is -0.0539. The summed E-state index contributed by atoms with van der Waals surface area (Å²) in [5.41, 5.74) is 4.52. The molecule has 1 N–H and O–H groups in total. The van der Waals surface area contributed by atoms with Crippen LogP contribution in [0, 0.1) is 0 Å². The second-order valence-electron chi connectivity index (χ2n) is 8.99. The molecular formula is C27H32N4O2. The molecule has 1 amide bonds. The summed E-state index contributed by atoms with van der Waals surface area (Å²) in [5, 5.41) is 3.10. The molecule has 2 aromatic carbocycles. The molecule has 0 bridgehead atoms. The van der Waals surface area contributed by atoms with Crippen molar-refractivity contribution in [2.24, 2.45) is 0 Å². The summed E-state index contributed by atoms with van der Waals surface area (Å²) in [6.45, 7) is 8.37. The lowest BCUT2D eigenvalue weighted by molar-refractivity contribution is 0.0945. The molecule has 6 heteroatoms. The van der Waals surface area contributed by atoms with Gasteiger partial charge in [-0.3, -0.25) is 9.69 Å². The number of fused-ring (bicyclic) bond motifs is 1. The van der Waals surface area contributed by atoms with Gasteiger partial charge in [0.2, 0.25) is 0 Å². The van der Waals surface area contributed by atoms with E-state index in [1.54, 1.807) is 12.3 Å². The largest absolute Gasteiger partial charge is 0.467 e. The van der Waals surface area contributed by atoms with Crippen LogP contribution in [0.3, 0.4) is 0 Å². The van der Waals surface area contributed by atoms with Crippen molar-refractivity contribution in [2.75, 3.05) is 49.1 Å². The van der Waals surface area contributed by atoms with Crippen molar-refractivity contribution in [3.63, 3.8) is 0 Å². The van der Waals surface area contributed by atoms with Gasteiger partial charge in [-0.25, -0.2) is 0 Å². The number of piperazine rings is 1. The van der Waals surface area contributed by atoms with Crippen LogP contribution in [-0.2, 0) is 13.0 Å².